The third-order valence-corrected chi connectivity index (χ3v) is 4.00. The molecule has 1 N–H and O–H groups in total. The quantitative estimate of drug-likeness (QED) is 0.893. The van der Waals surface area contributed by atoms with Crippen LogP contribution in [0.25, 0.3) is 10.8 Å². The lowest BCUT2D eigenvalue weighted by molar-refractivity contribution is 0.0332. The number of fused-ring (bicyclic) bond motifs is 1. The monoisotopic (exact) mass is 242 g/mol. The number of rotatable bonds is 3. The third kappa shape index (κ3) is 1.87. The first kappa shape index (κ1) is 11.5. The van der Waals surface area contributed by atoms with E-state index in [4.69, 9.17) is 4.74 Å². The van der Waals surface area contributed by atoms with Crippen molar-refractivity contribution in [3.8, 4) is 5.75 Å². The standard InChI is InChI=1S/C16H18O2/c1-16(17,13-6-7-13)14-5-3-12-10-15(18-2)8-4-11(12)9-14/h3-5,8-10,13,17H,6-7H2,1-2H3. The van der Waals surface area contributed by atoms with Crippen molar-refractivity contribution in [2.75, 3.05) is 7.11 Å². The van der Waals surface area contributed by atoms with Gasteiger partial charge in [0, 0.05) is 0 Å². The fraction of sp³-hybridized carbons (Fsp3) is 0.375. The molecule has 0 saturated heterocycles. The second-order valence-electron chi connectivity index (χ2n) is 5.35. The van der Waals surface area contributed by atoms with E-state index < -0.39 is 5.60 Å². The minimum atomic E-state index is -0.686. The summed E-state index contributed by atoms with van der Waals surface area (Å²) in [6.07, 6.45) is 2.27. The van der Waals surface area contributed by atoms with Gasteiger partial charge >= 0.3 is 0 Å². The van der Waals surface area contributed by atoms with Gasteiger partial charge in [0.15, 0.2) is 0 Å². The van der Waals surface area contributed by atoms with Crippen molar-refractivity contribution >= 4 is 10.8 Å². The molecule has 94 valence electrons. The largest absolute Gasteiger partial charge is 0.497 e. The van der Waals surface area contributed by atoms with Gasteiger partial charge in [0.25, 0.3) is 0 Å². The van der Waals surface area contributed by atoms with E-state index in [2.05, 4.69) is 12.1 Å². The van der Waals surface area contributed by atoms with Crippen molar-refractivity contribution in [1.82, 2.24) is 0 Å². The van der Waals surface area contributed by atoms with Crippen molar-refractivity contribution in [3.05, 3.63) is 42.0 Å². The molecule has 0 bridgehead atoms. The highest BCUT2D eigenvalue weighted by Gasteiger charge is 2.41. The Morgan fingerprint density at radius 2 is 1.78 bits per heavy atom. The van der Waals surface area contributed by atoms with Crippen LogP contribution in [0, 0.1) is 5.92 Å². The number of hydrogen-bond acceptors (Lipinski definition) is 2. The number of methoxy groups -OCH3 is 1. The lowest BCUT2D eigenvalue weighted by Gasteiger charge is -2.24. The number of hydrogen-bond donors (Lipinski definition) is 1. The average molecular weight is 242 g/mol. The maximum absolute atomic E-state index is 10.6. The van der Waals surface area contributed by atoms with Gasteiger partial charge in [-0.15, -0.1) is 0 Å². The Balaban J connectivity index is 2.06. The smallest absolute Gasteiger partial charge is 0.119 e. The maximum atomic E-state index is 10.6. The van der Waals surface area contributed by atoms with Crippen LogP contribution in [-0.2, 0) is 5.60 Å². The lowest BCUT2D eigenvalue weighted by atomic mass is 9.89. The molecule has 1 fully saturated rings. The normalized spacial score (nSPS) is 18.6. The van der Waals surface area contributed by atoms with Gasteiger partial charge in [0.05, 0.1) is 12.7 Å². The summed E-state index contributed by atoms with van der Waals surface area (Å²) in [5, 5.41) is 12.9. The molecule has 1 unspecified atom stereocenters. The molecule has 0 aromatic heterocycles. The van der Waals surface area contributed by atoms with E-state index >= 15 is 0 Å². The predicted molar refractivity (Wildman–Crippen MR) is 72.8 cm³/mol. The third-order valence-electron chi connectivity index (χ3n) is 4.00. The summed E-state index contributed by atoms with van der Waals surface area (Å²) in [5.74, 6) is 1.29. The lowest BCUT2D eigenvalue weighted by Crippen LogP contribution is -2.23. The minimum Gasteiger partial charge on any atom is -0.497 e. The summed E-state index contributed by atoms with van der Waals surface area (Å²) >= 11 is 0. The Kier molecular flexibility index (Phi) is 2.56. The van der Waals surface area contributed by atoms with Crippen molar-refractivity contribution in [1.29, 1.82) is 0 Å². The van der Waals surface area contributed by atoms with E-state index in [-0.39, 0.29) is 0 Å². The van der Waals surface area contributed by atoms with Gasteiger partial charge in [-0.3, -0.25) is 0 Å². The van der Waals surface area contributed by atoms with Crippen LogP contribution >= 0.6 is 0 Å². The summed E-state index contributed by atoms with van der Waals surface area (Å²) in [4.78, 5) is 0. The maximum Gasteiger partial charge on any atom is 0.119 e. The van der Waals surface area contributed by atoms with E-state index in [0.29, 0.717) is 5.92 Å². The van der Waals surface area contributed by atoms with E-state index in [1.807, 2.05) is 31.2 Å². The van der Waals surface area contributed by atoms with Gasteiger partial charge in [0.1, 0.15) is 5.75 Å². The second-order valence-corrected chi connectivity index (χ2v) is 5.35. The molecule has 18 heavy (non-hydrogen) atoms. The first-order valence-corrected chi connectivity index (χ1v) is 6.42. The van der Waals surface area contributed by atoms with Crippen molar-refractivity contribution in [3.63, 3.8) is 0 Å². The van der Waals surface area contributed by atoms with Gasteiger partial charge in [-0.05, 0) is 60.2 Å². The second kappa shape index (κ2) is 3.99. The molecular weight excluding hydrogens is 224 g/mol. The van der Waals surface area contributed by atoms with Crippen LogP contribution in [0.15, 0.2) is 36.4 Å². The number of aliphatic hydroxyl groups is 1. The van der Waals surface area contributed by atoms with Gasteiger partial charge in [-0.2, -0.15) is 0 Å². The first-order chi connectivity index (χ1) is 8.61. The van der Waals surface area contributed by atoms with Gasteiger partial charge in [0.2, 0.25) is 0 Å². The molecule has 1 aliphatic carbocycles. The van der Waals surface area contributed by atoms with Crippen LogP contribution in [0.1, 0.15) is 25.3 Å². The van der Waals surface area contributed by atoms with Crippen LogP contribution < -0.4 is 4.74 Å². The Hall–Kier alpha value is -1.54. The van der Waals surface area contributed by atoms with Crippen LogP contribution in [-0.4, -0.2) is 12.2 Å². The van der Waals surface area contributed by atoms with Gasteiger partial charge < -0.3 is 9.84 Å². The molecule has 2 nitrogen and oxygen atoms in total. The number of ether oxygens (including phenoxy) is 1. The van der Waals surface area contributed by atoms with Crippen molar-refractivity contribution in [2.45, 2.75) is 25.4 Å². The SMILES string of the molecule is COc1ccc2cc(C(C)(O)C3CC3)ccc2c1. The van der Waals surface area contributed by atoms with Crippen LogP contribution in [0.2, 0.25) is 0 Å². The summed E-state index contributed by atoms with van der Waals surface area (Å²) in [5.41, 5.74) is 0.330. The molecule has 0 heterocycles. The average Bonchev–Trinajstić information content (AvgIpc) is 3.22. The fourth-order valence-corrected chi connectivity index (χ4v) is 2.55. The molecule has 0 amide bonds. The Labute approximate surface area is 107 Å². The molecule has 2 aromatic rings. The van der Waals surface area contributed by atoms with Gasteiger partial charge in [-0.1, -0.05) is 18.2 Å². The molecular formula is C16H18O2. The molecule has 2 heteroatoms. The zero-order chi connectivity index (χ0) is 12.8. The molecule has 0 radical (unpaired) electrons. The van der Waals surface area contributed by atoms with E-state index in [0.717, 1.165) is 34.9 Å². The summed E-state index contributed by atoms with van der Waals surface area (Å²) in [7, 11) is 1.67. The molecule has 0 aliphatic heterocycles. The van der Waals surface area contributed by atoms with Crippen molar-refractivity contribution in [2.24, 2.45) is 5.92 Å². The predicted octanol–water partition coefficient (Wildman–Crippen LogP) is 3.47. The molecule has 1 atom stereocenters. The van der Waals surface area contributed by atoms with Crippen LogP contribution in [0.5, 0.6) is 5.75 Å². The first-order valence-electron chi connectivity index (χ1n) is 6.42. The van der Waals surface area contributed by atoms with E-state index in [9.17, 15) is 5.11 Å². The number of benzene rings is 2. The molecule has 2 aromatic carbocycles. The Morgan fingerprint density at radius 1 is 1.11 bits per heavy atom. The molecule has 3 rings (SSSR count). The highest BCUT2D eigenvalue weighted by atomic mass is 16.5. The van der Waals surface area contributed by atoms with E-state index in [1.165, 1.54) is 0 Å². The highest BCUT2D eigenvalue weighted by molar-refractivity contribution is 5.84. The van der Waals surface area contributed by atoms with E-state index in [1.54, 1.807) is 7.11 Å². The molecule has 0 spiro atoms. The Morgan fingerprint density at radius 3 is 2.44 bits per heavy atom. The van der Waals surface area contributed by atoms with Gasteiger partial charge in [-0.25, -0.2) is 0 Å². The minimum absolute atomic E-state index is 0.424. The summed E-state index contributed by atoms with van der Waals surface area (Å²) in [6.45, 7) is 1.93. The fourth-order valence-electron chi connectivity index (χ4n) is 2.55. The summed E-state index contributed by atoms with van der Waals surface area (Å²) in [6, 6.07) is 12.2. The zero-order valence-corrected chi connectivity index (χ0v) is 10.8. The van der Waals surface area contributed by atoms with Crippen molar-refractivity contribution < 1.29 is 9.84 Å². The summed E-state index contributed by atoms with van der Waals surface area (Å²) < 4.78 is 5.22. The zero-order valence-electron chi connectivity index (χ0n) is 10.8. The topological polar surface area (TPSA) is 29.5 Å². The van der Waals surface area contributed by atoms with Crippen LogP contribution in [0.4, 0.5) is 0 Å². The molecule has 1 saturated carbocycles. The highest BCUT2D eigenvalue weighted by Crippen LogP contribution is 2.45. The molecule has 1 aliphatic rings. The Bertz CT molecular complexity index is 583. The van der Waals surface area contributed by atoms with Crippen LogP contribution in [0.3, 0.4) is 0 Å².